The molecule has 36 heavy (non-hydrogen) atoms. The van der Waals surface area contributed by atoms with Crippen molar-refractivity contribution in [2.24, 2.45) is 0 Å². The summed E-state index contributed by atoms with van der Waals surface area (Å²) in [4.78, 5) is 25.6. The zero-order valence-corrected chi connectivity index (χ0v) is 22.3. The molecular formula is C25H30N8O2S. The molecule has 4 rings (SSSR count). The van der Waals surface area contributed by atoms with Crippen molar-refractivity contribution < 1.29 is 9.32 Å². The topological polar surface area (TPSA) is 132 Å². The van der Waals surface area contributed by atoms with Gasteiger partial charge in [-0.3, -0.25) is 4.79 Å². The van der Waals surface area contributed by atoms with Crippen LogP contribution in [0.4, 0.5) is 10.9 Å². The minimum Gasteiger partial charge on any atom is -0.341 e. The number of hydrogen-bond acceptors (Lipinski definition) is 10. The average Bonchev–Trinajstić information content (AvgIpc) is 3.49. The molecule has 0 spiro atoms. The number of amides is 1. The van der Waals surface area contributed by atoms with Crippen LogP contribution in [0.3, 0.4) is 0 Å². The highest BCUT2D eigenvalue weighted by Crippen LogP contribution is 2.28. The lowest BCUT2D eigenvalue weighted by Gasteiger charge is -2.16. The molecule has 2 N–H and O–H groups in total. The summed E-state index contributed by atoms with van der Waals surface area (Å²) in [6.45, 7) is 14.0. The fourth-order valence-corrected chi connectivity index (χ4v) is 4.24. The lowest BCUT2D eigenvalue weighted by Crippen LogP contribution is -2.27. The van der Waals surface area contributed by atoms with Crippen molar-refractivity contribution in [3.05, 3.63) is 58.4 Å². The lowest BCUT2D eigenvalue weighted by atomic mass is 9.96. The van der Waals surface area contributed by atoms with Crippen LogP contribution in [0.1, 0.15) is 86.1 Å². The van der Waals surface area contributed by atoms with Gasteiger partial charge in [-0.1, -0.05) is 63.2 Å². The molecule has 4 aromatic rings. The molecule has 0 radical (unpaired) electrons. The molecule has 0 saturated heterocycles. The Morgan fingerprint density at radius 1 is 1.08 bits per heavy atom. The van der Waals surface area contributed by atoms with Gasteiger partial charge in [0.15, 0.2) is 5.82 Å². The summed E-state index contributed by atoms with van der Waals surface area (Å²) in [6.07, 6.45) is 1.52. The van der Waals surface area contributed by atoms with E-state index in [0.29, 0.717) is 22.7 Å². The van der Waals surface area contributed by atoms with Gasteiger partial charge in [0.25, 0.3) is 0 Å². The molecule has 0 aliphatic heterocycles. The van der Waals surface area contributed by atoms with Crippen molar-refractivity contribution in [1.29, 1.82) is 0 Å². The van der Waals surface area contributed by atoms with Crippen LogP contribution in [0, 0.1) is 6.92 Å². The number of nitrogens with one attached hydrogen (secondary N) is 2. The first-order valence-corrected chi connectivity index (χ1v) is 12.5. The monoisotopic (exact) mass is 506 g/mol. The smallest absolute Gasteiger partial charge is 0.315 e. The van der Waals surface area contributed by atoms with Gasteiger partial charge in [-0.2, -0.15) is 4.98 Å². The molecule has 0 saturated carbocycles. The fraction of sp³-hybridized carbons (Fsp3) is 0.400. The summed E-state index contributed by atoms with van der Waals surface area (Å²) < 4.78 is 5.16. The quantitative estimate of drug-likeness (QED) is 0.341. The van der Waals surface area contributed by atoms with E-state index >= 15 is 0 Å². The highest BCUT2D eigenvalue weighted by Gasteiger charge is 2.25. The molecule has 1 amide bonds. The van der Waals surface area contributed by atoms with Crippen molar-refractivity contribution in [1.82, 2.24) is 35.6 Å². The Kier molecular flexibility index (Phi) is 7.11. The number of anilines is 2. The van der Waals surface area contributed by atoms with Crippen molar-refractivity contribution >= 4 is 28.2 Å². The summed E-state index contributed by atoms with van der Waals surface area (Å²) in [5, 5.41) is 20.1. The molecule has 3 aromatic heterocycles. The molecular weight excluding hydrogens is 476 g/mol. The first-order valence-electron chi connectivity index (χ1n) is 11.7. The Bertz CT molecular complexity index is 1370. The van der Waals surface area contributed by atoms with Gasteiger partial charge in [-0.05, 0) is 31.0 Å². The summed E-state index contributed by atoms with van der Waals surface area (Å²) in [6, 6.07) is 7.61. The lowest BCUT2D eigenvalue weighted by molar-refractivity contribution is 0.0895. The Morgan fingerprint density at radius 2 is 1.86 bits per heavy atom. The maximum absolute atomic E-state index is 12.7. The Labute approximate surface area is 214 Å². The van der Waals surface area contributed by atoms with Crippen LogP contribution in [-0.2, 0) is 5.41 Å². The summed E-state index contributed by atoms with van der Waals surface area (Å²) in [7, 11) is 0. The minimum absolute atomic E-state index is 0.0435. The van der Waals surface area contributed by atoms with E-state index in [2.05, 4.69) is 54.8 Å². The van der Waals surface area contributed by atoms with Crippen LogP contribution in [0.2, 0.25) is 0 Å². The number of rotatable bonds is 7. The predicted octanol–water partition coefficient (Wildman–Crippen LogP) is 5.34. The third-order valence-corrected chi connectivity index (χ3v) is 6.65. The number of aryl methyl sites for hydroxylation is 1. The van der Waals surface area contributed by atoms with E-state index in [0.717, 1.165) is 27.4 Å². The summed E-state index contributed by atoms with van der Waals surface area (Å²) >= 11 is 1.51. The van der Waals surface area contributed by atoms with E-state index in [1.807, 2.05) is 58.9 Å². The number of carbonyl (C=O) groups excluding carboxylic acids is 1. The highest BCUT2D eigenvalue weighted by atomic mass is 32.1. The third-order valence-electron chi connectivity index (χ3n) is 5.51. The molecule has 188 valence electrons. The third kappa shape index (κ3) is 5.73. The second-order valence-electron chi connectivity index (χ2n) is 9.95. The number of hydrogen-bond donors (Lipinski definition) is 2. The van der Waals surface area contributed by atoms with E-state index in [1.165, 1.54) is 17.7 Å². The van der Waals surface area contributed by atoms with E-state index in [9.17, 15) is 4.79 Å². The molecule has 0 unspecified atom stereocenters. The van der Waals surface area contributed by atoms with Gasteiger partial charge in [0.2, 0.25) is 5.13 Å². The zero-order chi connectivity index (χ0) is 26.0. The second kappa shape index (κ2) is 10.1. The summed E-state index contributed by atoms with van der Waals surface area (Å²) in [5.41, 5.74) is 3.40. The first kappa shape index (κ1) is 25.4. The minimum atomic E-state index is -0.405. The SMILES string of the molecule is Cc1cc(-c2cc(Nc3nnc(C(C)C)s3)ncn2)ccc1[C@@H](C)NC(=O)c1nc(C(C)(C)C)no1. The van der Waals surface area contributed by atoms with Crippen LogP contribution in [-0.4, -0.2) is 36.2 Å². The molecule has 3 heterocycles. The van der Waals surface area contributed by atoms with Crippen molar-refractivity contribution in [2.45, 2.75) is 65.8 Å². The standard InChI is InChI=1S/C25H30N8O2S/c1-13(2)22-31-32-24(36-22)29-19-11-18(26-12-27-19)16-8-9-17(14(3)10-16)15(4)28-20(34)21-30-23(33-35-21)25(5,6)7/h8-13,15H,1-7H3,(H,28,34)(H,26,27,29,32)/t15-/m1/s1. The van der Waals surface area contributed by atoms with Crippen molar-refractivity contribution in [3.63, 3.8) is 0 Å². The van der Waals surface area contributed by atoms with Gasteiger partial charge < -0.3 is 15.2 Å². The van der Waals surface area contributed by atoms with Gasteiger partial charge in [-0.25, -0.2) is 9.97 Å². The number of aromatic nitrogens is 6. The number of benzene rings is 1. The molecule has 11 heteroatoms. The first-order chi connectivity index (χ1) is 17.0. The molecule has 1 atom stereocenters. The Hall–Kier alpha value is -3.73. The van der Waals surface area contributed by atoms with E-state index in [4.69, 9.17) is 4.52 Å². The molecule has 1 aromatic carbocycles. The second-order valence-corrected chi connectivity index (χ2v) is 11.0. The maximum atomic E-state index is 12.7. The highest BCUT2D eigenvalue weighted by molar-refractivity contribution is 7.15. The molecule has 0 fully saturated rings. The fourth-order valence-electron chi connectivity index (χ4n) is 3.49. The van der Waals surface area contributed by atoms with E-state index < -0.39 is 5.91 Å². The van der Waals surface area contributed by atoms with E-state index in [-0.39, 0.29) is 17.3 Å². The van der Waals surface area contributed by atoms with Crippen LogP contribution in [0.5, 0.6) is 0 Å². The largest absolute Gasteiger partial charge is 0.341 e. The molecule has 0 bridgehead atoms. The van der Waals surface area contributed by atoms with E-state index in [1.54, 1.807) is 0 Å². The van der Waals surface area contributed by atoms with Crippen LogP contribution in [0.25, 0.3) is 11.3 Å². The Morgan fingerprint density at radius 3 is 2.50 bits per heavy atom. The molecule has 0 aliphatic carbocycles. The van der Waals surface area contributed by atoms with Gasteiger partial charge >= 0.3 is 11.8 Å². The van der Waals surface area contributed by atoms with Crippen LogP contribution < -0.4 is 10.6 Å². The molecule has 0 aliphatic rings. The predicted molar refractivity (Wildman–Crippen MR) is 138 cm³/mol. The van der Waals surface area contributed by atoms with Gasteiger partial charge in [0, 0.05) is 23.0 Å². The maximum Gasteiger partial charge on any atom is 0.315 e. The van der Waals surface area contributed by atoms with Crippen LogP contribution >= 0.6 is 11.3 Å². The number of nitrogens with zero attached hydrogens (tertiary/aromatic N) is 6. The Balaban J connectivity index is 1.47. The number of carbonyl (C=O) groups is 1. The van der Waals surface area contributed by atoms with Crippen LogP contribution in [0.15, 0.2) is 35.1 Å². The molecule has 10 nitrogen and oxygen atoms in total. The van der Waals surface area contributed by atoms with Crippen molar-refractivity contribution in [3.8, 4) is 11.3 Å². The van der Waals surface area contributed by atoms with Gasteiger partial charge in [-0.15, -0.1) is 10.2 Å². The van der Waals surface area contributed by atoms with Gasteiger partial charge in [0.05, 0.1) is 11.7 Å². The average molecular weight is 507 g/mol. The van der Waals surface area contributed by atoms with Gasteiger partial charge in [0.1, 0.15) is 17.2 Å². The summed E-state index contributed by atoms with van der Waals surface area (Å²) in [5.74, 6) is 1.01. The zero-order valence-electron chi connectivity index (χ0n) is 21.4. The normalized spacial score (nSPS) is 12.6. The van der Waals surface area contributed by atoms with Crippen molar-refractivity contribution in [2.75, 3.05) is 5.32 Å².